The van der Waals surface area contributed by atoms with E-state index in [1.54, 1.807) is 6.92 Å². The van der Waals surface area contributed by atoms with Crippen molar-refractivity contribution in [1.82, 2.24) is 5.32 Å². The maximum absolute atomic E-state index is 12.0. The van der Waals surface area contributed by atoms with Crippen molar-refractivity contribution in [3.8, 4) is 0 Å². The Bertz CT molecular complexity index is 558. The van der Waals surface area contributed by atoms with Crippen LogP contribution in [0.1, 0.15) is 22.3 Å². The SMILES string of the molecule is COC(CNC(=O)c1ccc([N+](=O)[O-])cc1C)CC(=O)O. The summed E-state index contributed by atoms with van der Waals surface area (Å²) < 4.78 is 4.94. The van der Waals surface area contributed by atoms with Gasteiger partial charge in [0.1, 0.15) is 0 Å². The third-order valence-electron chi connectivity index (χ3n) is 2.89. The normalized spacial score (nSPS) is 11.7. The van der Waals surface area contributed by atoms with E-state index < -0.39 is 22.9 Å². The number of aryl methyl sites for hydroxylation is 1. The van der Waals surface area contributed by atoms with E-state index in [9.17, 15) is 19.7 Å². The Morgan fingerprint density at radius 2 is 2.14 bits per heavy atom. The van der Waals surface area contributed by atoms with E-state index in [4.69, 9.17) is 9.84 Å². The summed E-state index contributed by atoms with van der Waals surface area (Å²) in [7, 11) is 1.36. The number of non-ortho nitro benzene ring substituents is 1. The van der Waals surface area contributed by atoms with Crippen molar-refractivity contribution in [2.45, 2.75) is 19.4 Å². The lowest BCUT2D eigenvalue weighted by molar-refractivity contribution is -0.384. The predicted molar refractivity (Wildman–Crippen MR) is 73.2 cm³/mol. The minimum absolute atomic E-state index is 0.0397. The Hall–Kier alpha value is -2.48. The molecule has 114 valence electrons. The number of carbonyl (C=O) groups is 2. The fourth-order valence-electron chi connectivity index (χ4n) is 1.75. The molecule has 0 fully saturated rings. The molecule has 1 aromatic rings. The Balaban J connectivity index is 2.71. The van der Waals surface area contributed by atoms with Crippen molar-refractivity contribution in [3.05, 3.63) is 39.4 Å². The van der Waals surface area contributed by atoms with Gasteiger partial charge < -0.3 is 15.2 Å². The molecular formula is C13H16N2O6. The van der Waals surface area contributed by atoms with E-state index in [1.807, 2.05) is 0 Å². The average Bonchev–Trinajstić information content (AvgIpc) is 2.42. The van der Waals surface area contributed by atoms with Crippen LogP contribution >= 0.6 is 0 Å². The number of ether oxygens (including phenoxy) is 1. The van der Waals surface area contributed by atoms with Gasteiger partial charge in [-0.05, 0) is 18.6 Å². The molecule has 0 bridgehead atoms. The van der Waals surface area contributed by atoms with Crippen LogP contribution in [-0.2, 0) is 9.53 Å². The van der Waals surface area contributed by atoms with Crippen molar-refractivity contribution in [3.63, 3.8) is 0 Å². The van der Waals surface area contributed by atoms with Gasteiger partial charge in [-0.2, -0.15) is 0 Å². The second-order valence-electron chi connectivity index (χ2n) is 4.42. The van der Waals surface area contributed by atoms with Crippen LogP contribution in [0.4, 0.5) is 5.69 Å². The molecule has 1 aromatic carbocycles. The van der Waals surface area contributed by atoms with E-state index in [2.05, 4.69) is 5.32 Å². The quantitative estimate of drug-likeness (QED) is 0.575. The van der Waals surface area contributed by atoms with Gasteiger partial charge in [0, 0.05) is 31.4 Å². The number of carbonyl (C=O) groups excluding carboxylic acids is 1. The molecule has 0 saturated carbocycles. The number of nitrogens with one attached hydrogen (secondary N) is 1. The Morgan fingerprint density at radius 3 is 2.62 bits per heavy atom. The first-order valence-corrected chi connectivity index (χ1v) is 6.13. The van der Waals surface area contributed by atoms with Crippen LogP contribution in [0.3, 0.4) is 0 Å². The van der Waals surface area contributed by atoms with Crippen LogP contribution in [0, 0.1) is 17.0 Å². The third kappa shape index (κ3) is 4.84. The Kier molecular flexibility index (Phi) is 5.79. The first-order chi connectivity index (χ1) is 9.85. The Labute approximate surface area is 120 Å². The smallest absolute Gasteiger partial charge is 0.306 e. The minimum atomic E-state index is -1.03. The van der Waals surface area contributed by atoms with Gasteiger partial charge in [-0.15, -0.1) is 0 Å². The van der Waals surface area contributed by atoms with Crippen LogP contribution in [0.5, 0.6) is 0 Å². The zero-order valence-electron chi connectivity index (χ0n) is 11.7. The molecular weight excluding hydrogens is 280 g/mol. The number of benzene rings is 1. The van der Waals surface area contributed by atoms with E-state index in [0.717, 1.165) is 0 Å². The third-order valence-corrected chi connectivity index (χ3v) is 2.89. The summed E-state index contributed by atoms with van der Waals surface area (Å²) in [6.45, 7) is 1.63. The number of aliphatic carboxylic acids is 1. The highest BCUT2D eigenvalue weighted by Crippen LogP contribution is 2.17. The molecule has 1 unspecified atom stereocenters. The molecule has 0 heterocycles. The number of nitrogens with zero attached hydrogens (tertiary/aromatic N) is 1. The summed E-state index contributed by atoms with van der Waals surface area (Å²) in [6.07, 6.45) is -0.861. The molecule has 0 aliphatic heterocycles. The van der Waals surface area contributed by atoms with Gasteiger partial charge in [0.05, 0.1) is 17.4 Å². The number of nitro groups is 1. The lowest BCUT2D eigenvalue weighted by Gasteiger charge is -2.14. The van der Waals surface area contributed by atoms with E-state index in [1.165, 1.54) is 25.3 Å². The fraction of sp³-hybridized carbons (Fsp3) is 0.385. The number of hydrogen-bond acceptors (Lipinski definition) is 5. The summed E-state index contributed by atoms with van der Waals surface area (Å²) >= 11 is 0. The topological polar surface area (TPSA) is 119 Å². The van der Waals surface area contributed by atoms with E-state index >= 15 is 0 Å². The summed E-state index contributed by atoms with van der Waals surface area (Å²) in [6, 6.07) is 3.91. The molecule has 8 nitrogen and oxygen atoms in total. The maximum Gasteiger partial charge on any atom is 0.306 e. The van der Waals surface area contributed by atoms with Crippen LogP contribution in [0.2, 0.25) is 0 Å². The van der Waals surface area contributed by atoms with E-state index in [-0.39, 0.29) is 18.7 Å². The van der Waals surface area contributed by atoms with Crippen LogP contribution in [0.25, 0.3) is 0 Å². The first-order valence-electron chi connectivity index (χ1n) is 6.13. The predicted octanol–water partition coefficient (Wildman–Crippen LogP) is 1.12. The van der Waals surface area contributed by atoms with Crippen molar-refractivity contribution < 1.29 is 24.4 Å². The monoisotopic (exact) mass is 296 g/mol. The largest absolute Gasteiger partial charge is 0.481 e. The van der Waals surface area contributed by atoms with Crippen LogP contribution in [0.15, 0.2) is 18.2 Å². The average molecular weight is 296 g/mol. The second-order valence-corrected chi connectivity index (χ2v) is 4.42. The van der Waals surface area contributed by atoms with Crippen LogP contribution < -0.4 is 5.32 Å². The van der Waals surface area contributed by atoms with Gasteiger partial charge in [-0.3, -0.25) is 19.7 Å². The number of carboxylic acid groups (broad SMARTS) is 1. The number of carboxylic acids is 1. The molecule has 0 aliphatic carbocycles. The molecule has 0 aromatic heterocycles. The number of methoxy groups -OCH3 is 1. The molecule has 0 saturated heterocycles. The summed E-state index contributed by atoms with van der Waals surface area (Å²) in [5.74, 6) is -1.46. The van der Waals surface area contributed by atoms with Gasteiger partial charge in [-0.1, -0.05) is 0 Å². The van der Waals surface area contributed by atoms with Crippen molar-refractivity contribution in [2.24, 2.45) is 0 Å². The highest BCUT2D eigenvalue weighted by Gasteiger charge is 2.16. The summed E-state index contributed by atoms with van der Waals surface area (Å²) in [5, 5.41) is 21.8. The van der Waals surface area contributed by atoms with Gasteiger partial charge >= 0.3 is 5.97 Å². The van der Waals surface area contributed by atoms with Gasteiger partial charge in [-0.25, -0.2) is 0 Å². The van der Waals surface area contributed by atoms with Gasteiger partial charge in [0.2, 0.25) is 0 Å². The van der Waals surface area contributed by atoms with Crippen molar-refractivity contribution in [1.29, 1.82) is 0 Å². The minimum Gasteiger partial charge on any atom is -0.481 e. The second kappa shape index (κ2) is 7.34. The van der Waals surface area contributed by atoms with Crippen LogP contribution in [-0.4, -0.2) is 41.7 Å². The molecule has 0 spiro atoms. The number of amides is 1. The number of hydrogen-bond donors (Lipinski definition) is 2. The maximum atomic E-state index is 12.0. The highest BCUT2D eigenvalue weighted by atomic mass is 16.6. The molecule has 1 amide bonds. The molecule has 0 radical (unpaired) electrons. The van der Waals surface area contributed by atoms with Gasteiger partial charge in [0.25, 0.3) is 11.6 Å². The summed E-state index contributed by atoms with van der Waals surface area (Å²) in [4.78, 5) is 32.6. The fourth-order valence-corrected chi connectivity index (χ4v) is 1.75. The van der Waals surface area contributed by atoms with Crippen molar-refractivity contribution in [2.75, 3.05) is 13.7 Å². The zero-order chi connectivity index (χ0) is 16.0. The Morgan fingerprint density at radius 1 is 1.48 bits per heavy atom. The zero-order valence-corrected chi connectivity index (χ0v) is 11.7. The molecule has 8 heteroatoms. The lowest BCUT2D eigenvalue weighted by atomic mass is 10.1. The van der Waals surface area contributed by atoms with Gasteiger partial charge in [0.15, 0.2) is 0 Å². The number of rotatable bonds is 7. The molecule has 2 N–H and O–H groups in total. The first kappa shape index (κ1) is 16.6. The standard InChI is InChI=1S/C13H16N2O6/c1-8-5-9(15(19)20)3-4-11(8)13(18)14-7-10(21-2)6-12(16)17/h3-5,10H,6-7H2,1-2H3,(H,14,18)(H,16,17). The molecule has 21 heavy (non-hydrogen) atoms. The highest BCUT2D eigenvalue weighted by molar-refractivity contribution is 5.95. The number of nitro benzene ring substituents is 1. The lowest BCUT2D eigenvalue weighted by Crippen LogP contribution is -2.34. The molecule has 1 rings (SSSR count). The molecule has 1 atom stereocenters. The van der Waals surface area contributed by atoms with E-state index in [0.29, 0.717) is 11.1 Å². The van der Waals surface area contributed by atoms with Crippen molar-refractivity contribution >= 4 is 17.6 Å². The molecule has 0 aliphatic rings. The summed E-state index contributed by atoms with van der Waals surface area (Å²) in [5.41, 5.74) is 0.671.